The van der Waals surface area contributed by atoms with Gasteiger partial charge in [-0.3, -0.25) is 4.79 Å². The molecule has 1 N–H and O–H groups in total. The van der Waals surface area contributed by atoms with E-state index in [4.69, 9.17) is 0 Å². The van der Waals surface area contributed by atoms with E-state index in [0.29, 0.717) is 23.1 Å². The van der Waals surface area contributed by atoms with E-state index in [1.54, 1.807) is 18.2 Å². The maximum Gasteiger partial charge on any atom is 0.245 e. The van der Waals surface area contributed by atoms with Crippen molar-refractivity contribution in [1.82, 2.24) is 4.72 Å². The van der Waals surface area contributed by atoms with Crippen molar-refractivity contribution in [2.45, 2.75) is 17.4 Å². The largest absolute Gasteiger partial charge is 0.311 e. The van der Waals surface area contributed by atoms with Crippen LogP contribution in [0.5, 0.6) is 0 Å². The number of carbonyl (C=O) groups is 1. The van der Waals surface area contributed by atoms with Gasteiger partial charge < -0.3 is 4.90 Å². The molecule has 0 spiro atoms. The Morgan fingerprint density at radius 3 is 2.46 bits per heavy atom. The number of anilines is 1. The first-order valence-corrected chi connectivity index (χ1v) is 9.50. The third-order valence-corrected chi connectivity index (χ3v) is 6.25. The molecule has 1 aliphatic rings. The molecule has 2 aromatic carbocycles. The van der Waals surface area contributed by atoms with Gasteiger partial charge >= 0.3 is 0 Å². The van der Waals surface area contributed by atoms with E-state index in [9.17, 15) is 17.6 Å². The Balaban J connectivity index is 1.79. The summed E-state index contributed by atoms with van der Waals surface area (Å²) in [5.74, 6) is -0.742. The van der Waals surface area contributed by atoms with E-state index < -0.39 is 21.9 Å². The molecule has 3 rings (SSSR count). The molecule has 5 nitrogen and oxygen atoms in total. The van der Waals surface area contributed by atoms with Gasteiger partial charge in [0.25, 0.3) is 0 Å². The zero-order chi connectivity index (χ0) is 17.3. The Kier molecular flexibility index (Phi) is 4.71. The third kappa shape index (κ3) is 3.35. The first kappa shape index (κ1) is 17.1. The number of hydrogen-bond acceptors (Lipinski definition) is 3. The fourth-order valence-electron chi connectivity index (χ4n) is 2.58. The summed E-state index contributed by atoms with van der Waals surface area (Å²) in [5, 5.41) is 0. The summed E-state index contributed by atoms with van der Waals surface area (Å²) in [4.78, 5) is 14.0. The quantitative estimate of drug-likeness (QED) is 0.839. The zero-order valence-corrected chi connectivity index (χ0v) is 14.8. The molecular weight excluding hydrogens is 399 g/mol. The lowest BCUT2D eigenvalue weighted by atomic mass is 10.3. The van der Waals surface area contributed by atoms with Crippen LogP contribution in [0.2, 0.25) is 0 Å². The van der Waals surface area contributed by atoms with E-state index >= 15 is 0 Å². The molecule has 1 fully saturated rings. The topological polar surface area (TPSA) is 66.5 Å². The normalized spacial score (nSPS) is 18.2. The van der Waals surface area contributed by atoms with E-state index in [2.05, 4.69) is 20.7 Å². The van der Waals surface area contributed by atoms with Crippen LogP contribution in [0.15, 0.2) is 57.9 Å². The first-order valence-electron chi connectivity index (χ1n) is 7.22. The van der Waals surface area contributed by atoms with Crippen LogP contribution in [0.3, 0.4) is 0 Å². The molecule has 0 unspecified atom stereocenters. The van der Waals surface area contributed by atoms with Gasteiger partial charge in [-0.25, -0.2) is 12.8 Å². The van der Waals surface area contributed by atoms with Crippen molar-refractivity contribution in [2.75, 3.05) is 11.4 Å². The molecule has 1 atom stereocenters. The number of rotatable bonds is 4. The highest BCUT2D eigenvalue weighted by Crippen LogP contribution is 2.25. The van der Waals surface area contributed by atoms with Gasteiger partial charge in [0, 0.05) is 16.7 Å². The number of nitrogens with one attached hydrogen (secondary N) is 1. The highest BCUT2D eigenvalue weighted by molar-refractivity contribution is 9.10. The number of hydrogen-bond donors (Lipinski definition) is 1. The summed E-state index contributed by atoms with van der Waals surface area (Å²) in [6.07, 6.45) is 0.347. The minimum absolute atomic E-state index is 0.0815. The summed E-state index contributed by atoms with van der Waals surface area (Å²) in [6.45, 7) is 0.369. The average molecular weight is 413 g/mol. The molecule has 2 aromatic rings. The molecule has 1 aliphatic heterocycles. The number of nitrogens with zero attached hydrogens (tertiary/aromatic N) is 1. The lowest BCUT2D eigenvalue weighted by molar-refractivity contribution is -0.118. The van der Waals surface area contributed by atoms with Gasteiger partial charge in [0.05, 0.1) is 4.90 Å². The van der Waals surface area contributed by atoms with Gasteiger partial charge in [0.15, 0.2) is 0 Å². The van der Waals surface area contributed by atoms with Crippen LogP contribution >= 0.6 is 15.9 Å². The second-order valence-corrected chi connectivity index (χ2v) is 7.90. The lowest BCUT2D eigenvalue weighted by Gasteiger charge is -2.17. The molecule has 8 heteroatoms. The van der Waals surface area contributed by atoms with Crippen molar-refractivity contribution in [3.05, 3.63) is 58.8 Å². The van der Waals surface area contributed by atoms with Crippen molar-refractivity contribution in [2.24, 2.45) is 0 Å². The summed E-state index contributed by atoms with van der Waals surface area (Å²) in [6, 6.07) is 11.1. The number of sulfonamides is 1. The SMILES string of the molecule is O=C1[C@@H](NS(=O)(=O)c2ccccc2Br)CCN1c1ccc(F)cc1. The van der Waals surface area contributed by atoms with Crippen LogP contribution in [-0.2, 0) is 14.8 Å². The van der Waals surface area contributed by atoms with Crippen LogP contribution < -0.4 is 9.62 Å². The Hall–Kier alpha value is -1.77. The minimum atomic E-state index is -3.82. The Labute approximate surface area is 147 Å². The molecule has 0 bridgehead atoms. The summed E-state index contributed by atoms with van der Waals surface area (Å²) >= 11 is 3.20. The molecule has 0 aliphatic carbocycles. The van der Waals surface area contributed by atoms with Gasteiger partial charge in [0.2, 0.25) is 15.9 Å². The van der Waals surface area contributed by atoms with Crippen LogP contribution in [0, 0.1) is 5.82 Å². The Morgan fingerprint density at radius 2 is 1.79 bits per heavy atom. The molecule has 0 saturated carbocycles. The molecule has 1 saturated heterocycles. The standard InChI is InChI=1S/C16H14BrFN2O3S/c17-13-3-1-2-4-15(13)24(22,23)19-14-9-10-20(16(14)21)12-7-5-11(18)6-8-12/h1-8,14,19H,9-10H2/t14-/m0/s1. The third-order valence-electron chi connectivity index (χ3n) is 3.77. The molecular formula is C16H14BrFN2O3S. The van der Waals surface area contributed by atoms with E-state index in [-0.39, 0.29) is 10.8 Å². The smallest absolute Gasteiger partial charge is 0.245 e. The number of amides is 1. The fraction of sp³-hybridized carbons (Fsp3) is 0.188. The highest BCUT2D eigenvalue weighted by atomic mass is 79.9. The van der Waals surface area contributed by atoms with E-state index in [0.717, 1.165) is 0 Å². The number of halogens is 2. The fourth-order valence-corrected chi connectivity index (χ4v) is 4.81. The highest BCUT2D eigenvalue weighted by Gasteiger charge is 2.36. The molecule has 24 heavy (non-hydrogen) atoms. The van der Waals surface area contributed by atoms with Crippen LogP contribution in [0.25, 0.3) is 0 Å². The maximum atomic E-state index is 13.0. The predicted molar refractivity (Wildman–Crippen MR) is 91.6 cm³/mol. The van der Waals surface area contributed by atoms with E-state index in [1.165, 1.54) is 35.2 Å². The molecule has 0 radical (unpaired) electrons. The molecule has 126 valence electrons. The second-order valence-electron chi connectivity index (χ2n) is 5.36. The lowest BCUT2D eigenvalue weighted by Crippen LogP contribution is -2.41. The van der Waals surface area contributed by atoms with Gasteiger partial charge in [0.1, 0.15) is 11.9 Å². The van der Waals surface area contributed by atoms with Crippen molar-refractivity contribution < 1.29 is 17.6 Å². The van der Waals surface area contributed by atoms with Crippen LogP contribution in [0.4, 0.5) is 10.1 Å². The average Bonchev–Trinajstić information content (AvgIpc) is 2.89. The monoisotopic (exact) mass is 412 g/mol. The summed E-state index contributed by atoms with van der Waals surface area (Å²) in [5.41, 5.74) is 0.545. The Bertz CT molecular complexity index is 871. The van der Waals surface area contributed by atoms with Crippen LogP contribution in [-0.4, -0.2) is 26.9 Å². The predicted octanol–water partition coefficient (Wildman–Crippen LogP) is 2.67. The van der Waals surface area contributed by atoms with Crippen LogP contribution in [0.1, 0.15) is 6.42 Å². The van der Waals surface area contributed by atoms with Crippen molar-refractivity contribution in [3.8, 4) is 0 Å². The zero-order valence-electron chi connectivity index (χ0n) is 12.4. The van der Waals surface area contributed by atoms with E-state index in [1.807, 2.05) is 0 Å². The van der Waals surface area contributed by atoms with Gasteiger partial charge in [-0.2, -0.15) is 4.72 Å². The first-order chi connectivity index (χ1) is 11.4. The van der Waals surface area contributed by atoms with Crippen molar-refractivity contribution in [3.63, 3.8) is 0 Å². The minimum Gasteiger partial charge on any atom is -0.311 e. The van der Waals surface area contributed by atoms with Crippen molar-refractivity contribution >= 4 is 37.5 Å². The van der Waals surface area contributed by atoms with Gasteiger partial charge in [-0.15, -0.1) is 0 Å². The maximum absolute atomic E-state index is 13.0. The molecule has 1 amide bonds. The Morgan fingerprint density at radius 1 is 1.12 bits per heavy atom. The van der Waals surface area contributed by atoms with Crippen molar-refractivity contribution in [1.29, 1.82) is 0 Å². The molecule has 1 heterocycles. The summed E-state index contributed by atoms with van der Waals surface area (Å²) in [7, 11) is -3.82. The van der Waals surface area contributed by atoms with Gasteiger partial charge in [-0.05, 0) is 58.7 Å². The number of carbonyl (C=O) groups excluding carboxylic acids is 1. The molecule has 0 aromatic heterocycles. The van der Waals surface area contributed by atoms with Gasteiger partial charge in [-0.1, -0.05) is 12.1 Å². The second kappa shape index (κ2) is 6.62. The number of benzene rings is 2. The summed E-state index contributed by atoms with van der Waals surface area (Å²) < 4.78 is 40.8.